The van der Waals surface area contributed by atoms with E-state index in [9.17, 15) is 14.4 Å². The van der Waals surface area contributed by atoms with Gasteiger partial charge in [0.15, 0.2) is 6.54 Å². The van der Waals surface area contributed by atoms with Crippen LogP contribution in [0.1, 0.15) is 123 Å². The minimum Gasteiger partial charge on any atom is -0.466 e. The molecule has 0 aliphatic rings. The second-order valence-electron chi connectivity index (χ2n) is 11.0. The maximum Gasteiger partial charge on any atom is 0.361 e. The summed E-state index contributed by atoms with van der Waals surface area (Å²) in [5, 5.41) is 0. The summed E-state index contributed by atoms with van der Waals surface area (Å²) in [5.41, 5.74) is 0. The van der Waals surface area contributed by atoms with Gasteiger partial charge in [-0.25, -0.2) is 4.79 Å². The molecular weight excluding hydrogens is 482 g/mol. The largest absolute Gasteiger partial charge is 0.466 e. The van der Waals surface area contributed by atoms with Crippen LogP contribution in [0.15, 0.2) is 12.2 Å². The van der Waals surface area contributed by atoms with Gasteiger partial charge in [-0.15, -0.1) is 0 Å². The number of carbonyl (C=O) groups is 3. The molecule has 0 fully saturated rings. The lowest BCUT2D eigenvalue weighted by Gasteiger charge is -2.28. The third kappa shape index (κ3) is 27.2. The van der Waals surface area contributed by atoms with Crippen LogP contribution in [-0.4, -0.2) is 69.4 Å². The number of rotatable bonds is 26. The molecule has 0 atom stereocenters. The van der Waals surface area contributed by atoms with Gasteiger partial charge in [-0.3, -0.25) is 9.59 Å². The standard InChI is InChI=1S/C31H58NO6/c1-5-6-7-8-9-10-11-14-17-20-23-30(34)37-25-21-18-15-12-13-16-19-22-26-38-31(35)28-32(3,4)24-27-36-29(2)33/h6-7H,5,8-28H2,1-4H3/q+1. The molecular formula is C31H58NO6+. The van der Waals surface area contributed by atoms with E-state index in [1.807, 2.05) is 14.1 Å². The highest BCUT2D eigenvalue weighted by atomic mass is 16.5. The lowest BCUT2D eigenvalue weighted by molar-refractivity contribution is -0.883. The Kier molecular flexibility index (Phi) is 24.1. The average molecular weight is 541 g/mol. The molecule has 38 heavy (non-hydrogen) atoms. The molecule has 7 heteroatoms. The minimum atomic E-state index is -0.304. The lowest BCUT2D eigenvalue weighted by Crippen LogP contribution is -2.46. The van der Waals surface area contributed by atoms with Crippen LogP contribution in [-0.2, 0) is 28.6 Å². The van der Waals surface area contributed by atoms with Crippen molar-refractivity contribution in [3.63, 3.8) is 0 Å². The zero-order valence-electron chi connectivity index (χ0n) is 25.1. The molecule has 7 nitrogen and oxygen atoms in total. The van der Waals surface area contributed by atoms with Crippen molar-refractivity contribution in [2.45, 2.75) is 123 Å². The predicted molar refractivity (Wildman–Crippen MR) is 154 cm³/mol. The Hall–Kier alpha value is -1.89. The highest BCUT2D eigenvalue weighted by molar-refractivity contribution is 5.70. The predicted octanol–water partition coefficient (Wildman–Crippen LogP) is 6.92. The molecule has 222 valence electrons. The molecule has 0 saturated heterocycles. The van der Waals surface area contributed by atoms with Crippen LogP contribution in [0.3, 0.4) is 0 Å². The molecule has 0 heterocycles. The van der Waals surface area contributed by atoms with Crippen LogP contribution in [0.5, 0.6) is 0 Å². The number of esters is 3. The Morgan fingerprint density at radius 3 is 1.66 bits per heavy atom. The maximum atomic E-state index is 12.0. The fraction of sp³-hybridized carbons (Fsp3) is 0.839. The smallest absolute Gasteiger partial charge is 0.361 e. The van der Waals surface area contributed by atoms with Crippen molar-refractivity contribution in [1.82, 2.24) is 0 Å². The first kappa shape index (κ1) is 36.1. The van der Waals surface area contributed by atoms with Gasteiger partial charge in [-0.2, -0.15) is 0 Å². The van der Waals surface area contributed by atoms with Gasteiger partial charge in [0.2, 0.25) is 0 Å². The van der Waals surface area contributed by atoms with E-state index in [0.29, 0.717) is 37.3 Å². The van der Waals surface area contributed by atoms with Gasteiger partial charge < -0.3 is 18.7 Å². The molecule has 0 aromatic carbocycles. The van der Waals surface area contributed by atoms with Gasteiger partial charge in [-0.1, -0.05) is 83.3 Å². The van der Waals surface area contributed by atoms with Gasteiger partial charge in [0.25, 0.3) is 0 Å². The first-order chi connectivity index (χ1) is 18.3. The lowest BCUT2D eigenvalue weighted by atomic mass is 10.1. The molecule has 0 N–H and O–H groups in total. The van der Waals surface area contributed by atoms with Crippen LogP contribution in [0.2, 0.25) is 0 Å². The van der Waals surface area contributed by atoms with E-state index in [1.54, 1.807) is 0 Å². The van der Waals surface area contributed by atoms with E-state index in [4.69, 9.17) is 14.2 Å². The topological polar surface area (TPSA) is 78.9 Å². The Morgan fingerprint density at radius 2 is 1.11 bits per heavy atom. The molecule has 0 aromatic heterocycles. The van der Waals surface area contributed by atoms with Gasteiger partial charge >= 0.3 is 17.9 Å². The molecule has 0 spiro atoms. The van der Waals surface area contributed by atoms with Crippen molar-refractivity contribution < 1.29 is 33.1 Å². The van der Waals surface area contributed by atoms with Crippen LogP contribution >= 0.6 is 0 Å². The number of hydrogen-bond donors (Lipinski definition) is 0. The number of carbonyl (C=O) groups excluding carboxylic acids is 3. The van der Waals surface area contributed by atoms with Crippen LogP contribution in [0, 0.1) is 0 Å². The summed E-state index contributed by atoms with van der Waals surface area (Å²) in [6.45, 7) is 5.72. The minimum absolute atomic E-state index is 0.0417. The summed E-state index contributed by atoms with van der Waals surface area (Å²) in [7, 11) is 3.85. The first-order valence-electron chi connectivity index (χ1n) is 15.2. The fourth-order valence-corrected chi connectivity index (χ4v) is 4.14. The SMILES string of the molecule is CCC=CCCCCCCCCC(=O)OCCCCCCCCCCOC(=O)C[N+](C)(C)CCOC(C)=O. The number of ether oxygens (including phenoxy) is 3. The summed E-state index contributed by atoms with van der Waals surface area (Å²) in [6, 6.07) is 0. The Labute approximate surface area is 233 Å². The third-order valence-corrected chi connectivity index (χ3v) is 6.53. The Balaban J connectivity index is 3.40. The van der Waals surface area contributed by atoms with Crippen molar-refractivity contribution >= 4 is 17.9 Å². The fourth-order valence-electron chi connectivity index (χ4n) is 4.14. The number of unbranched alkanes of at least 4 members (excludes halogenated alkanes) is 13. The summed E-state index contributed by atoms with van der Waals surface area (Å²) in [4.78, 5) is 34.7. The van der Waals surface area contributed by atoms with Crippen LogP contribution in [0.4, 0.5) is 0 Å². The molecule has 0 radical (unpaired) electrons. The van der Waals surface area contributed by atoms with Crippen molar-refractivity contribution in [3.05, 3.63) is 12.2 Å². The van der Waals surface area contributed by atoms with Crippen molar-refractivity contribution in [2.75, 3.05) is 47.0 Å². The van der Waals surface area contributed by atoms with E-state index < -0.39 is 0 Å². The van der Waals surface area contributed by atoms with Crippen molar-refractivity contribution in [3.8, 4) is 0 Å². The third-order valence-electron chi connectivity index (χ3n) is 6.53. The highest BCUT2D eigenvalue weighted by Gasteiger charge is 2.21. The summed E-state index contributed by atoms with van der Waals surface area (Å²) in [5.74, 6) is -0.554. The quantitative estimate of drug-likeness (QED) is 0.0389. The summed E-state index contributed by atoms with van der Waals surface area (Å²) >= 11 is 0. The van der Waals surface area contributed by atoms with Gasteiger partial charge in [0, 0.05) is 13.3 Å². The molecule has 0 aromatic rings. The number of likely N-dealkylation sites (N-methyl/N-ethyl adjacent to an activating group) is 1. The molecule has 0 aliphatic carbocycles. The summed E-state index contributed by atoms with van der Waals surface area (Å²) < 4.78 is 16.1. The average Bonchev–Trinajstić information content (AvgIpc) is 2.85. The van der Waals surface area contributed by atoms with Gasteiger partial charge in [0.1, 0.15) is 13.2 Å². The molecule has 0 amide bonds. The van der Waals surface area contributed by atoms with Gasteiger partial charge in [0.05, 0.1) is 27.3 Å². The number of nitrogens with zero attached hydrogens (tertiary/aromatic N) is 1. The number of hydrogen-bond acceptors (Lipinski definition) is 6. The number of quaternary nitrogens is 1. The monoisotopic (exact) mass is 540 g/mol. The van der Waals surface area contributed by atoms with Crippen LogP contribution < -0.4 is 0 Å². The molecule has 0 unspecified atom stereocenters. The molecule has 0 aliphatic heterocycles. The normalized spacial score (nSPS) is 11.6. The van der Waals surface area contributed by atoms with E-state index in [1.165, 1.54) is 58.3 Å². The van der Waals surface area contributed by atoms with Crippen molar-refractivity contribution in [1.29, 1.82) is 0 Å². The molecule has 0 saturated carbocycles. The number of allylic oxidation sites excluding steroid dienone is 2. The first-order valence-corrected chi connectivity index (χ1v) is 15.2. The maximum absolute atomic E-state index is 12.0. The Bertz CT molecular complexity index is 632. The molecule has 0 rings (SSSR count). The van der Waals surface area contributed by atoms with E-state index in [2.05, 4.69) is 19.1 Å². The van der Waals surface area contributed by atoms with E-state index >= 15 is 0 Å². The van der Waals surface area contributed by atoms with Gasteiger partial charge in [-0.05, 0) is 38.5 Å². The second kappa shape index (κ2) is 25.4. The second-order valence-corrected chi connectivity index (χ2v) is 11.0. The van der Waals surface area contributed by atoms with E-state index in [-0.39, 0.29) is 24.5 Å². The Morgan fingerprint density at radius 1 is 0.605 bits per heavy atom. The van der Waals surface area contributed by atoms with Crippen molar-refractivity contribution in [2.24, 2.45) is 0 Å². The molecule has 0 bridgehead atoms. The zero-order chi connectivity index (χ0) is 28.3. The zero-order valence-corrected chi connectivity index (χ0v) is 25.1. The summed E-state index contributed by atoms with van der Waals surface area (Å²) in [6.07, 6.45) is 23.2. The van der Waals surface area contributed by atoms with Crippen LogP contribution in [0.25, 0.3) is 0 Å². The highest BCUT2D eigenvalue weighted by Crippen LogP contribution is 2.11. The van der Waals surface area contributed by atoms with E-state index in [0.717, 1.165) is 51.4 Å².